The minimum absolute atomic E-state index is 0.158. The molecule has 19 heavy (non-hydrogen) atoms. The molecule has 104 valence electrons. The first-order valence-electron chi connectivity index (χ1n) is 6.90. The zero-order valence-electron chi connectivity index (χ0n) is 11.6. The van der Waals surface area contributed by atoms with Gasteiger partial charge in [-0.25, -0.2) is 4.68 Å². The molecule has 1 saturated heterocycles. The molecule has 2 heterocycles. The van der Waals surface area contributed by atoms with Crippen molar-refractivity contribution in [3.63, 3.8) is 0 Å². The van der Waals surface area contributed by atoms with Gasteiger partial charge in [0.15, 0.2) is 5.82 Å². The summed E-state index contributed by atoms with van der Waals surface area (Å²) < 4.78 is 1.80. The Morgan fingerprint density at radius 2 is 2.16 bits per heavy atom. The van der Waals surface area contributed by atoms with Crippen LogP contribution in [0.1, 0.15) is 44.7 Å². The van der Waals surface area contributed by atoms with Crippen molar-refractivity contribution in [1.29, 1.82) is 5.26 Å². The van der Waals surface area contributed by atoms with E-state index in [2.05, 4.69) is 29.9 Å². The molecule has 0 saturated carbocycles. The van der Waals surface area contributed by atoms with Gasteiger partial charge in [0.25, 0.3) is 0 Å². The minimum Gasteiger partial charge on any atom is -0.383 e. The summed E-state index contributed by atoms with van der Waals surface area (Å²) in [4.78, 5) is 2.07. The van der Waals surface area contributed by atoms with Crippen LogP contribution in [0.3, 0.4) is 0 Å². The third-order valence-corrected chi connectivity index (χ3v) is 3.85. The maximum absolute atomic E-state index is 9.32. The molecule has 2 rings (SSSR count). The lowest BCUT2D eigenvalue weighted by atomic mass is 10.2. The fourth-order valence-corrected chi connectivity index (χ4v) is 2.66. The number of rotatable bonds is 4. The highest BCUT2D eigenvalue weighted by molar-refractivity contribution is 5.65. The Morgan fingerprint density at radius 3 is 2.63 bits per heavy atom. The third-order valence-electron chi connectivity index (χ3n) is 3.85. The second-order valence-corrected chi connectivity index (χ2v) is 5.11. The Kier molecular flexibility index (Phi) is 3.96. The van der Waals surface area contributed by atoms with Crippen LogP contribution in [0, 0.1) is 11.3 Å². The predicted octanol–water partition coefficient (Wildman–Crippen LogP) is 1.24. The van der Waals surface area contributed by atoms with Crippen molar-refractivity contribution < 1.29 is 0 Å². The zero-order valence-corrected chi connectivity index (χ0v) is 11.6. The first kappa shape index (κ1) is 13.7. The Hall–Kier alpha value is -1.74. The van der Waals surface area contributed by atoms with Gasteiger partial charge in [0.2, 0.25) is 0 Å². The van der Waals surface area contributed by atoms with Gasteiger partial charge >= 0.3 is 0 Å². The minimum atomic E-state index is 0.158. The molecule has 4 N–H and O–H groups in total. The summed E-state index contributed by atoms with van der Waals surface area (Å²) in [6.45, 7) is 5.79. The van der Waals surface area contributed by atoms with Gasteiger partial charge in [0, 0.05) is 19.1 Å². The number of nitrogens with zero attached hydrogens (tertiary/aromatic N) is 4. The highest BCUT2D eigenvalue weighted by Gasteiger charge is 2.27. The summed E-state index contributed by atoms with van der Waals surface area (Å²) in [5, 5.41) is 13.9. The van der Waals surface area contributed by atoms with Crippen LogP contribution in [0.2, 0.25) is 0 Å². The molecule has 6 heteroatoms. The summed E-state index contributed by atoms with van der Waals surface area (Å²) >= 11 is 0. The molecule has 0 bridgehead atoms. The quantitative estimate of drug-likeness (QED) is 0.850. The van der Waals surface area contributed by atoms with Crippen molar-refractivity contribution in [1.82, 2.24) is 9.78 Å². The van der Waals surface area contributed by atoms with E-state index in [0.29, 0.717) is 17.2 Å². The molecule has 1 unspecified atom stereocenters. The second kappa shape index (κ2) is 5.49. The molecule has 1 aliphatic heterocycles. The van der Waals surface area contributed by atoms with E-state index >= 15 is 0 Å². The van der Waals surface area contributed by atoms with Crippen LogP contribution in [-0.2, 0) is 0 Å². The van der Waals surface area contributed by atoms with Crippen LogP contribution in [0.25, 0.3) is 0 Å². The van der Waals surface area contributed by atoms with Crippen molar-refractivity contribution in [3.05, 3.63) is 5.56 Å². The van der Waals surface area contributed by atoms with E-state index in [-0.39, 0.29) is 12.1 Å². The maximum Gasteiger partial charge on any atom is 0.170 e. The van der Waals surface area contributed by atoms with E-state index < -0.39 is 0 Å². The number of aromatic nitrogens is 2. The third kappa shape index (κ3) is 2.38. The normalized spacial score (nSPS) is 19.1. The molecule has 0 spiro atoms. The Labute approximate surface area is 114 Å². The van der Waals surface area contributed by atoms with Gasteiger partial charge in [-0.2, -0.15) is 10.4 Å². The van der Waals surface area contributed by atoms with Crippen LogP contribution in [0.4, 0.5) is 11.6 Å². The zero-order chi connectivity index (χ0) is 14.0. The predicted molar refractivity (Wildman–Crippen MR) is 75.8 cm³/mol. The number of nitriles is 1. The SMILES string of the molecule is CCC(CC)n1nc(N2CCC(N)C2)c(C#N)c1N. The summed E-state index contributed by atoms with van der Waals surface area (Å²) in [6, 6.07) is 2.59. The van der Waals surface area contributed by atoms with Crippen LogP contribution in [0.15, 0.2) is 0 Å². The van der Waals surface area contributed by atoms with E-state index in [1.165, 1.54) is 0 Å². The molecule has 1 fully saturated rings. The fraction of sp³-hybridized carbons (Fsp3) is 0.692. The van der Waals surface area contributed by atoms with Crippen molar-refractivity contribution in [2.75, 3.05) is 23.7 Å². The molecule has 0 aliphatic carbocycles. The van der Waals surface area contributed by atoms with Crippen molar-refractivity contribution in [2.24, 2.45) is 5.73 Å². The average molecular weight is 262 g/mol. The molecule has 0 amide bonds. The Bertz CT molecular complexity index is 482. The van der Waals surface area contributed by atoms with Crippen molar-refractivity contribution >= 4 is 11.6 Å². The van der Waals surface area contributed by atoms with Crippen LogP contribution in [-0.4, -0.2) is 28.9 Å². The first-order chi connectivity index (χ1) is 9.12. The van der Waals surface area contributed by atoms with Crippen molar-refractivity contribution in [2.45, 2.75) is 45.2 Å². The molecular formula is C13H22N6. The molecule has 1 aromatic rings. The maximum atomic E-state index is 9.32. The smallest absolute Gasteiger partial charge is 0.170 e. The van der Waals surface area contributed by atoms with E-state index in [1.54, 1.807) is 4.68 Å². The van der Waals surface area contributed by atoms with E-state index in [0.717, 1.165) is 32.4 Å². The Balaban J connectivity index is 2.39. The topological polar surface area (TPSA) is 96.9 Å². The summed E-state index contributed by atoms with van der Waals surface area (Å²) in [5.41, 5.74) is 12.5. The number of hydrogen-bond acceptors (Lipinski definition) is 5. The summed E-state index contributed by atoms with van der Waals surface area (Å²) in [6.07, 6.45) is 2.83. The summed E-state index contributed by atoms with van der Waals surface area (Å²) in [5.74, 6) is 1.17. The molecule has 0 radical (unpaired) electrons. The standard InChI is InChI=1S/C13H22N6/c1-3-10(4-2)19-12(16)11(7-14)13(17-19)18-6-5-9(15)8-18/h9-10H,3-6,8,15-16H2,1-2H3. The fourth-order valence-electron chi connectivity index (χ4n) is 2.66. The second-order valence-electron chi connectivity index (χ2n) is 5.11. The molecular weight excluding hydrogens is 240 g/mol. The van der Waals surface area contributed by atoms with Crippen molar-refractivity contribution in [3.8, 4) is 6.07 Å². The van der Waals surface area contributed by atoms with E-state index in [4.69, 9.17) is 11.5 Å². The number of nitrogen functional groups attached to an aromatic ring is 1. The van der Waals surface area contributed by atoms with E-state index in [9.17, 15) is 5.26 Å². The number of anilines is 2. The van der Waals surface area contributed by atoms with Crippen LogP contribution < -0.4 is 16.4 Å². The Morgan fingerprint density at radius 1 is 1.47 bits per heavy atom. The van der Waals surface area contributed by atoms with Gasteiger partial charge in [-0.3, -0.25) is 0 Å². The first-order valence-corrected chi connectivity index (χ1v) is 6.90. The highest BCUT2D eigenvalue weighted by atomic mass is 15.4. The average Bonchev–Trinajstić information content (AvgIpc) is 2.96. The number of hydrogen-bond donors (Lipinski definition) is 2. The molecule has 1 atom stereocenters. The van der Waals surface area contributed by atoms with Crippen LogP contribution in [0.5, 0.6) is 0 Å². The lowest BCUT2D eigenvalue weighted by Crippen LogP contribution is -2.27. The van der Waals surface area contributed by atoms with E-state index in [1.807, 2.05) is 0 Å². The van der Waals surface area contributed by atoms with Crippen LogP contribution >= 0.6 is 0 Å². The van der Waals surface area contributed by atoms with Gasteiger partial charge in [0.05, 0.1) is 6.04 Å². The molecule has 0 aromatic carbocycles. The van der Waals surface area contributed by atoms with Gasteiger partial charge in [-0.15, -0.1) is 0 Å². The highest BCUT2D eigenvalue weighted by Crippen LogP contribution is 2.30. The lowest BCUT2D eigenvalue weighted by Gasteiger charge is -2.16. The monoisotopic (exact) mass is 262 g/mol. The van der Waals surface area contributed by atoms with Gasteiger partial charge in [-0.05, 0) is 19.3 Å². The van der Waals surface area contributed by atoms with Gasteiger partial charge in [-0.1, -0.05) is 13.8 Å². The number of nitrogens with two attached hydrogens (primary N) is 2. The molecule has 1 aliphatic rings. The summed E-state index contributed by atoms with van der Waals surface area (Å²) in [7, 11) is 0. The van der Waals surface area contributed by atoms with Gasteiger partial charge < -0.3 is 16.4 Å². The van der Waals surface area contributed by atoms with Gasteiger partial charge in [0.1, 0.15) is 17.5 Å². The lowest BCUT2D eigenvalue weighted by molar-refractivity contribution is 0.434. The molecule has 6 nitrogen and oxygen atoms in total. The molecule has 1 aromatic heterocycles. The largest absolute Gasteiger partial charge is 0.383 e.